The van der Waals surface area contributed by atoms with E-state index < -0.39 is 0 Å². The van der Waals surface area contributed by atoms with Gasteiger partial charge >= 0.3 is 7.69 Å². The van der Waals surface area contributed by atoms with Crippen molar-refractivity contribution in [3.8, 4) is 16.9 Å². The van der Waals surface area contributed by atoms with Crippen LogP contribution in [0, 0.1) is 0 Å². The maximum atomic E-state index is 9.16. The third-order valence-corrected chi connectivity index (χ3v) is 6.15. The highest BCUT2D eigenvalue weighted by molar-refractivity contribution is 6.17. The first-order valence-electron chi connectivity index (χ1n) is 10.5. The van der Waals surface area contributed by atoms with Gasteiger partial charge in [-0.3, -0.25) is 0 Å². The maximum Gasteiger partial charge on any atom is 0.504 e. The lowest BCUT2D eigenvalue weighted by atomic mass is 9.82. The Bertz CT molecular complexity index is 1180. The van der Waals surface area contributed by atoms with E-state index in [1.807, 2.05) is 18.2 Å². The van der Waals surface area contributed by atoms with Gasteiger partial charge < -0.3 is 14.6 Å². The summed E-state index contributed by atoms with van der Waals surface area (Å²) in [6, 6.07) is 33.7. The summed E-state index contributed by atoms with van der Waals surface area (Å²) < 4.78 is 5.35. The van der Waals surface area contributed by atoms with Crippen LogP contribution in [0.25, 0.3) is 11.1 Å². The van der Waals surface area contributed by atoms with Crippen molar-refractivity contribution < 1.29 is 9.68 Å². The van der Waals surface area contributed by atoms with Crippen molar-refractivity contribution in [2.45, 2.75) is 19.3 Å². The predicted octanol–water partition coefficient (Wildman–Crippen LogP) is 6.10. The van der Waals surface area contributed by atoms with Gasteiger partial charge in [0.05, 0.1) is 0 Å². The highest BCUT2D eigenvalue weighted by Crippen LogP contribution is 2.51. The van der Waals surface area contributed by atoms with Crippen LogP contribution in [-0.2, 0) is 5.41 Å². The number of hydrogen-bond acceptors (Lipinski definition) is 3. The summed E-state index contributed by atoms with van der Waals surface area (Å²) in [6.07, 6.45) is 0. The first-order chi connectivity index (χ1) is 15.1. The third kappa shape index (κ3) is 3.29. The molecule has 0 atom stereocenters. The third-order valence-electron chi connectivity index (χ3n) is 6.15. The molecule has 0 aliphatic heterocycles. The Kier molecular flexibility index (Phi) is 4.80. The maximum absolute atomic E-state index is 9.16. The molecule has 0 aromatic heterocycles. The van der Waals surface area contributed by atoms with Crippen LogP contribution >= 0.6 is 0 Å². The number of benzene rings is 4. The van der Waals surface area contributed by atoms with Crippen molar-refractivity contribution in [2.75, 3.05) is 4.90 Å². The van der Waals surface area contributed by atoms with Crippen LogP contribution < -0.4 is 9.55 Å². The standard InChI is InChI=1S/C27H24BNO2/c1-27(2)25-17-21(13-15-23(25)24-16-14-22(31-28-30)18-26(24)27)29(19-9-5-3-6-10-19)20-11-7-4-8-12-20/h3-18,28,30H,1-2H3. The fourth-order valence-electron chi connectivity index (χ4n) is 4.61. The van der Waals surface area contributed by atoms with Crippen molar-refractivity contribution in [2.24, 2.45) is 0 Å². The summed E-state index contributed by atoms with van der Waals surface area (Å²) in [5.41, 5.74) is 8.19. The Balaban J connectivity index is 1.65. The topological polar surface area (TPSA) is 32.7 Å². The molecule has 0 unspecified atom stereocenters. The summed E-state index contributed by atoms with van der Waals surface area (Å²) in [5.74, 6) is 0.692. The van der Waals surface area contributed by atoms with Crippen molar-refractivity contribution in [3.05, 3.63) is 108 Å². The van der Waals surface area contributed by atoms with E-state index in [0.29, 0.717) is 5.75 Å². The van der Waals surface area contributed by atoms with Gasteiger partial charge in [0, 0.05) is 22.5 Å². The Morgan fingerprint density at radius 2 is 1.23 bits per heavy atom. The number of nitrogens with zero attached hydrogens (tertiary/aromatic N) is 1. The van der Waals surface area contributed by atoms with E-state index in [0.717, 1.165) is 17.1 Å². The van der Waals surface area contributed by atoms with Gasteiger partial charge in [-0.05, 0) is 70.8 Å². The molecule has 152 valence electrons. The van der Waals surface area contributed by atoms with Gasteiger partial charge in [-0.25, -0.2) is 0 Å². The zero-order valence-electron chi connectivity index (χ0n) is 17.7. The van der Waals surface area contributed by atoms with Gasteiger partial charge in [0.25, 0.3) is 0 Å². The normalized spacial score (nSPS) is 13.3. The SMILES string of the molecule is CC1(C)c2cc(OBO)ccc2-c2ccc(N(c3ccccc3)c3ccccc3)cc21. The summed E-state index contributed by atoms with van der Waals surface area (Å²) in [6.45, 7) is 4.50. The van der Waals surface area contributed by atoms with Crippen LogP contribution in [0.4, 0.5) is 17.1 Å². The highest BCUT2D eigenvalue weighted by atomic mass is 16.5. The molecule has 4 heteroatoms. The number of hydrogen-bond donors (Lipinski definition) is 1. The van der Waals surface area contributed by atoms with Crippen LogP contribution in [0.2, 0.25) is 0 Å². The number of fused-ring (bicyclic) bond motifs is 3. The predicted molar refractivity (Wildman–Crippen MR) is 129 cm³/mol. The molecule has 0 radical (unpaired) electrons. The lowest BCUT2D eigenvalue weighted by molar-refractivity contribution is 0.453. The first kappa shape index (κ1) is 19.5. The average Bonchev–Trinajstić information content (AvgIpc) is 3.02. The minimum absolute atomic E-state index is 0.172. The lowest BCUT2D eigenvalue weighted by Crippen LogP contribution is -2.16. The van der Waals surface area contributed by atoms with E-state index in [-0.39, 0.29) is 13.1 Å². The number of rotatable bonds is 5. The van der Waals surface area contributed by atoms with Crippen LogP contribution in [-0.4, -0.2) is 12.7 Å². The smallest absolute Gasteiger partial charge is 0.504 e. The zero-order chi connectivity index (χ0) is 21.4. The largest absolute Gasteiger partial charge is 0.539 e. The van der Waals surface area contributed by atoms with Gasteiger partial charge in [0.1, 0.15) is 5.75 Å². The molecule has 1 aliphatic carbocycles. The van der Waals surface area contributed by atoms with Gasteiger partial charge in [0.15, 0.2) is 0 Å². The fraction of sp³-hybridized carbons (Fsp3) is 0.111. The summed E-state index contributed by atoms with van der Waals surface area (Å²) in [7, 11) is -0.320. The molecule has 0 heterocycles. The average molecular weight is 405 g/mol. The van der Waals surface area contributed by atoms with E-state index in [4.69, 9.17) is 9.68 Å². The van der Waals surface area contributed by atoms with E-state index in [2.05, 4.69) is 97.6 Å². The fourth-order valence-corrected chi connectivity index (χ4v) is 4.61. The van der Waals surface area contributed by atoms with E-state index in [1.54, 1.807) is 0 Å². The Morgan fingerprint density at radius 1 is 0.677 bits per heavy atom. The van der Waals surface area contributed by atoms with Gasteiger partial charge in [-0.15, -0.1) is 0 Å². The molecular formula is C27H24BNO2. The molecule has 31 heavy (non-hydrogen) atoms. The van der Waals surface area contributed by atoms with Crippen LogP contribution in [0.3, 0.4) is 0 Å². The number of anilines is 3. The number of para-hydroxylation sites is 2. The molecule has 0 bridgehead atoms. The van der Waals surface area contributed by atoms with Gasteiger partial charge in [0.2, 0.25) is 0 Å². The minimum Gasteiger partial charge on any atom is -0.539 e. The second-order valence-electron chi connectivity index (χ2n) is 8.34. The van der Waals surface area contributed by atoms with Crippen LogP contribution in [0.5, 0.6) is 5.75 Å². The summed E-state index contributed by atoms with van der Waals surface area (Å²) >= 11 is 0. The van der Waals surface area contributed by atoms with Crippen LogP contribution in [0.15, 0.2) is 97.1 Å². The molecule has 0 fully saturated rings. The van der Waals surface area contributed by atoms with E-state index in [9.17, 15) is 0 Å². The van der Waals surface area contributed by atoms with Crippen molar-refractivity contribution in [1.82, 2.24) is 0 Å². The summed E-state index contributed by atoms with van der Waals surface area (Å²) in [5, 5.41) is 9.16. The van der Waals surface area contributed by atoms with Crippen molar-refractivity contribution >= 4 is 24.7 Å². The molecule has 0 spiro atoms. The Morgan fingerprint density at radius 3 is 1.81 bits per heavy atom. The highest BCUT2D eigenvalue weighted by Gasteiger charge is 2.36. The Labute approximate surface area is 183 Å². The van der Waals surface area contributed by atoms with E-state index in [1.165, 1.54) is 22.3 Å². The van der Waals surface area contributed by atoms with Gasteiger partial charge in [-0.2, -0.15) is 0 Å². The summed E-state index contributed by atoms with van der Waals surface area (Å²) in [4.78, 5) is 2.29. The second kappa shape index (κ2) is 7.64. The molecule has 0 amide bonds. The van der Waals surface area contributed by atoms with Crippen molar-refractivity contribution in [3.63, 3.8) is 0 Å². The van der Waals surface area contributed by atoms with E-state index >= 15 is 0 Å². The quantitative estimate of drug-likeness (QED) is 0.407. The molecule has 1 N–H and O–H groups in total. The molecule has 3 nitrogen and oxygen atoms in total. The van der Waals surface area contributed by atoms with Crippen molar-refractivity contribution in [1.29, 1.82) is 0 Å². The molecule has 4 aromatic carbocycles. The Hall–Kier alpha value is -3.50. The first-order valence-corrected chi connectivity index (χ1v) is 10.5. The molecular weight excluding hydrogens is 381 g/mol. The molecule has 1 aliphatic rings. The molecule has 4 aromatic rings. The minimum atomic E-state index is -0.320. The lowest BCUT2D eigenvalue weighted by Gasteiger charge is -2.28. The molecule has 0 saturated heterocycles. The monoisotopic (exact) mass is 405 g/mol. The molecule has 5 rings (SSSR count). The second-order valence-corrected chi connectivity index (χ2v) is 8.34. The molecule has 0 saturated carbocycles. The van der Waals surface area contributed by atoms with Gasteiger partial charge in [-0.1, -0.05) is 62.4 Å². The van der Waals surface area contributed by atoms with Crippen LogP contribution in [0.1, 0.15) is 25.0 Å². The zero-order valence-corrected chi connectivity index (χ0v) is 17.7.